The summed E-state index contributed by atoms with van der Waals surface area (Å²) in [7, 11) is 0. The fraction of sp³-hybridized carbons (Fsp3) is 0.222. The molecule has 0 N–H and O–H groups in total. The van der Waals surface area contributed by atoms with Crippen molar-refractivity contribution in [3.05, 3.63) is 58.3 Å². The van der Waals surface area contributed by atoms with Crippen LogP contribution in [0.25, 0.3) is 0 Å². The monoisotopic (exact) mass is 384 g/mol. The van der Waals surface area contributed by atoms with Crippen molar-refractivity contribution in [3.63, 3.8) is 0 Å². The molecule has 0 aliphatic carbocycles. The SMILES string of the molecule is O=C(CSc1nnc2n1CCCN2C(=O)c1ccccc1)c1cccs1. The molecule has 0 saturated heterocycles. The van der Waals surface area contributed by atoms with Gasteiger partial charge in [0.1, 0.15) is 0 Å². The lowest BCUT2D eigenvalue weighted by atomic mass is 10.2. The number of anilines is 1. The molecule has 1 amide bonds. The van der Waals surface area contributed by atoms with Crippen molar-refractivity contribution >= 4 is 40.7 Å². The Morgan fingerprint density at radius 2 is 1.92 bits per heavy atom. The zero-order valence-electron chi connectivity index (χ0n) is 13.9. The third-order valence-corrected chi connectivity index (χ3v) is 5.97. The average Bonchev–Trinajstić information content (AvgIpc) is 3.36. The topological polar surface area (TPSA) is 68.1 Å². The smallest absolute Gasteiger partial charge is 0.260 e. The van der Waals surface area contributed by atoms with Gasteiger partial charge in [-0.05, 0) is 30.0 Å². The highest BCUT2D eigenvalue weighted by molar-refractivity contribution is 7.99. The quantitative estimate of drug-likeness (QED) is 0.498. The van der Waals surface area contributed by atoms with Crippen molar-refractivity contribution in [2.45, 2.75) is 18.1 Å². The van der Waals surface area contributed by atoms with Crippen LogP contribution in [0.4, 0.5) is 5.95 Å². The summed E-state index contributed by atoms with van der Waals surface area (Å²) < 4.78 is 1.93. The Hall–Kier alpha value is -2.45. The molecule has 2 aromatic heterocycles. The number of thiophene rings is 1. The molecule has 1 aromatic carbocycles. The highest BCUT2D eigenvalue weighted by atomic mass is 32.2. The molecule has 1 aliphatic heterocycles. The number of aromatic nitrogens is 3. The highest BCUT2D eigenvalue weighted by Gasteiger charge is 2.28. The molecule has 3 heterocycles. The van der Waals surface area contributed by atoms with Crippen LogP contribution in [0.15, 0.2) is 53.0 Å². The second kappa shape index (κ2) is 7.43. The molecular weight excluding hydrogens is 368 g/mol. The summed E-state index contributed by atoms with van der Waals surface area (Å²) in [5, 5.41) is 11.0. The zero-order chi connectivity index (χ0) is 17.9. The number of carbonyl (C=O) groups is 2. The van der Waals surface area contributed by atoms with Gasteiger partial charge in [0.15, 0.2) is 10.9 Å². The van der Waals surface area contributed by atoms with Gasteiger partial charge in [0, 0.05) is 18.7 Å². The van der Waals surface area contributed by atoms with E-state index in [0.717, 1.165) is 17.8 Å². The Bertz CT molecular complexity index is 922. The molecule has 0 spiro atoms. The number of fused-ring (bicyclic) bond motifs is 1. The number of ketones is 1. The largest absolute Gasteiger partial charge is 0.292 e. The highest BCUT2D eigenvalue weighted by Crippen LogP contribution is 2.27. The number of rotatable bonds is 5. The second-order valence-electron chi connectivity index (χ2n) is 5.80. The first kappa shape index (κ1) is 17.0. The number of thioether (sulfide) groups is 1. The summed E-state index contributed by atoms with van der Waals surface area (Å²) in [6.45, 7) is 1.36. The van der Waals surface area contributed by atoms with Gasteiger partial charge >= 0.3 is 0 Å². The molecule has 8 heteroatoms. The Balaban J connectivity index is 1.52. The molecule has 26 heavy (non-hydrogen) atoms. The van der Waals surface area contributed by atoms with Gasteiger partial charge in [-0.25, -0.2) is 0 Å². The van der Waals surface area contributed by atoms with E-state index in [1.54, 1.807) is 17.0 Å². The van der Waals surface area contributed by atoms with Gasteiger partial charge in [-0.3, -0.25) is 19.1 Å². The second-order valence-corrected chi connectivity index (χ2v) is 7.69. The molecule has 1 aliphatic rings. The summed E-state index contributed by atoms with van der Waals surface area (Å²) in [5.41, 5.74) is 0.631. The van der Waals surface area contributed by atoms with Crippen LogP contribution >= 0.6 is 23.1 Å². The van der Waals surface area contributed by atoms with E-state index < -0.39 is 0 Å². The van der Waals surface area contributed by atoms with E-state index in [2.05, 4.69) is 10.2 Å². The summed E-state index contributed by atoms with van der Waals surface area (Å²) in [6.07, 6.45) is 0.829. The number of carbonyl (C=O) groups excluding carboxylic acids is 2. The van der Waals surface area contributed by atoms with Crippen molar-refractivity contribution in [2.24, 2.45) is 0 Å². The fourth-order valence-corrected chi connectivity index (χ4v) is 4.44. The van der Waals surface area contributed by atoms with Gasteiger partial charge in [-0.15, -0.1) is 21.5 Å². The number of nitrogens with zero attached hydrogens (tertiary/aromatic N) is 4. The number of amides is 1. The van der Waals surface area contributed by atoms with E-state index in [4.69, 9.17) is 0 Å². The van der Waals surface area contributed by atoms with Crippen molar-refractivity contribution < 1.29 is 9.59 Å². The van der Waals surface area contributed by atoms with Crippen LogP contribution in [-0.2, 0) is 6.54 Å². The maximum absolute atomic E-state index is 12.8. The Morgan fingerprint density at radius 3 is 2.69 bits per heavy atom. The Morgan fingerprint density at radius 1 is 1.08 bits per heavy atom. The lowest BCUT2D eigenvalue weighted by Crippen LogP contribution is -2.38. The van der Waals surface area contributed by atoms with Crippen molar-refractivity contribution in [1.29, 1.82) is 0 Å². The van der Waals surface area contributed by atoms with Crippen LogP contribution in [0, 0.1) is 0 Å². The van der Waals surface area contributed by atoms with Crippen molar-refractivity contribution in [3.8, 4) is 0 Å². The number of benzene rings is 1. The van der Waals surface area contributed by atoms with E-state index in [1.807, 2.05) is 40.3 Å². The minimum Gasteiger partial charge on any atom is -0.292 e. The summed E-state index contributed by atoms with van der Waals surface area (Å²) in [6, 6.07) is 12.9. The van der Waals surface area contributed by atoms with Crippen LogP contribution in [0.5, 0.6) is 0 Å². The number of hydrogen-bond donors (Lipinski definition) is 0. The van der Waals surface area contributed by atoms with Crippen LogP contribution in [0.2, 0.25) is 0 Å². The molecule has 0 fully saturated rings. The van der Waals surface area contributed by atoms with Gasteiger partial charge < -0.3 is 0 Å². The first-order chi connectivity index (χ1) is 12.7. The molecule has 6 nitrogen and oxygen atoms in total. The summed E-state index contributed by atoms with van der Waals surface area (Å²) in [5.74, 6) is 0.863. The molecule has 0 saturated carbocycles. The van der Waals surface area contributed by atoms with E-state index in [9.17, 15) is 9.59 Å². The van der Waals surface area contributed by atoms with E-state index in [1.165, 1.54) is 23.1 Å². The van der Waals surface area contributed by atoms with Crippen LogP contribution in [0.1, 0.15) is 26.5 Å². The van der Waals surface area contributed by atoms with Crippen molar-refractivity contribution in [1.82, 2.24) is 14.8 Å². The van der Waals surface area contributed by atoms with E-state index in [0.29, 0.717) is 29.0 Å². The summed E-state index contributed by atoms with van der Waals surface area (Å²) >= 11 is 2.81. The predicted octanol–water partition coefficient (Wildman–Crippen LogP) is 3.37. The molecular formula is C18H16N4O2S2. The normalized spacial score (nSPS) is 13.5. The first-order valence-corrected chi connectivity index (χ1v) is 10.1. The Labute approximate surface area is 158 Å². The van der Waals surface area contributed by atoms with Crippen LogP contribution < -0.4 is 4.90 Å². The fourth-order valence-electron chi connectivity index (χ4n) is 2.84. The molecule has 0 radical (unpaired) electrons. The van der Waals surface area contributed by atoms with Gasteiger partial charge in [0.25, 0.3) is 5.91 Å². The summed E-state index contributed by atoms with van der Waals surface area (Å²) in [4.78, 5) is 27.4. The molecule has 4 rings (SSSR count). The first-order valence-electron chi connectivity index (χ1n) is 8.23. The maximum atomic E-state index is 12.8. The van der Waals surface area contributed by atoms with E-state index in [-0.39, 0.29) is 11.7 Å². The molecule has 0 bridgehead atoms. The van der Waals surface area contributed by atoms with Gasteiger partial charge in [0.05, 0.1) is 10.6 Å². The van der Waals surface area contributed by atoms with Crippen molar-refractivity contribution in [2.75, 3.05) is 17.2 Å². The minimum atomic E-state index is -0.0786. The minimum absolute atomic E-state index is 0.0786. The number of hydrogen-bond acceptors (Lipinski definition) is 6. The molecule has 132 valence electrons. The zero-order valence-corrected chi connectivity index (χ0v) is 15.5. The van der Waals surface area contributed by atoms with Gasteiger partial charge in [-0.2, -0.15) is 0 Å². The van der Waals surface area contributed by atoms with Gasteiger partial charge in [-0.1, -0.05) is 36.0 Å². The van der Waals surface area contributed by atoms with Crippen LogP contribution in [-0.4, -0.2) is 38.8 Å². The third kappa shape index (κ3) is 3.30. The lowest BCUT2D eigenvalue weighted by Gasteiger charge is -2.27. The standard InChI is InChI=1S/C18H16N4O2S2/c23-14(15-8-4-11-25-15)12-26-18-20-19-17-21(9-5-10-22(17)18)16(24)13-6-2-1-3-7-13/h1-4,6-8,11H,5,9-10,12H2. The molecule has 0 unspecified atom stereocenters. The third-order valence-electron chi connectivity index (χ3n) is 4.10. The predicted molar refractivity (Wildman–Crippen MR) is 102 cm³/mol. The van der Waals surface area contributed by atoms with Gasteiger partial charge in [0.2, 0.25) is 5.95 Å². The van der Waals surface area contributed by atoms with E-state index >= 15 is 0 Å². The molecule has 0 atom stereocenters. The van der Waals surface area contributed by atoms with Crippen LogP contribution in [0.3, 0.4) is 0 Å². The maximum Gasteiger partial charge on any atom is 0.260 e. The average molecular weight is 384 g/mol. The number of Topliss-reactive ketones (excluding diaryl/α,β-unsaturated/α-hetero) is 1. The Kier molecular flexibility index (Phi) is 4.85. The molecule has 3 aromatic rings. The lowest BCUT2D eigenvalue weighted by molar-refractivity contribution is 0.0979.